The normalized spacial score (nSPS) is 12.8. The van der Waals surface area contributed by atoms with Crippen LogP contribution in [0.25, 0.3) is 0 Å². The van der Waals surface area contributed by atoms with Gasteiger partial charge in [-0.2, -0.15) is 0 Å². The fraction of sp³-hybridized carbons (Fsp3) is 0.683. The number of carbonyl (C=O) groups excluding carboxylic acids is 3. The van der Waals surface area contributed by atoms with Crippen LogP contribution >= 0.6 is 0 Å². The predicted octanol–water partition coefficient (Wildman–Crippen LogP) is 18.1. The SMILES string of the molecule is CC/C=C\C/C=C\C/C=C\C/C=C\C/C=C\C/C=C\CCCCC(=O)OCC(COC(=O)CCCCCCC/C=C\CCCCCC)OC(=O)CCCCCCC/C=C\CCCCCCC. The first kappa shape index (κ1) is 62.3. The van der Waals surface area contributed by atoms with Crippen LogP contribution in [0.15, 0.2) is 97.2 Å². The summed E-state index contributed by atoms with van der Waals surface area (Å²) in [5.74, 6) is -0.962. The van der Waals surface area contributed by atoms with E-state index in [4.69, 9.17) is 14.2 Å². The third-order valence-electron chi connectivity index (χ3n) is 11.3. The van der Waals surface area contributed by atoms with E-state index in [-0.39, 0.29) is 31.1 Å². The van der Waals surface area contributed by atoms with Gasteiger partial charge in [0.1, 0.15) is 13.2 Å². The molecule has 0 saturated carbocycles. The molecule has 0 heterocycles. The Morgan fingerprint density at radius 2 is 0.591 bits per heavy atom. The first-order chi connectivity index (χ1) is 32.5. The van der Waals surface area contributed by atoms with E-state index in [0.29, 0.717) is 19.3 Å². The van der Waals surface area contributed by atoms with Crippen LogP contribution in [0.5, 0.6) is 0 Å². The van der Waals surface area contributed by atoms with Gasteiger partial charge in [0.15, 0.2) is 6.10 Å². The lowest BCUT2D eigenvalue weighted by Gasteiger charge is -2.18. The molecule has 0 saturated heterocycles. The summed E-state index contributed by atoms with van der Waals surface area (Å²) in [5.41, 5.74) is 0. The van der Waals surface area contributed by atoms with Crippen molar-refractivity contribution >= 4 is 17.9 Å². The van der Waals surface area contributed by atoms with E-state index in [0.717, 1.165) is 122 Å². The molecule has 376 valence electrons. The van der Waals surface area contributed by atoms with Crippen LogP contribution in [0.3, 0.4) is 0 Å². The van der Waals surface area contributed by atoms with Gasteiger partial charge in [0, 0.05) is 19.3 Å². The van der Waals surface area contributed by atoms with Gasteiger partial charge in [0.05, 0.1) is 0 Å². The number of hydrogen-bond acceptors (Lipinski definition) is 6. The number of ether oxygens (including phenoxy) is 3. The van der Waals surface area contributed by atoms with Gasteiger partial charge in [-0.25, -0.2) is 0 Å². The predicted molar refractivity (Wildman–Crippen MR) is 284 cm³/mol. The highest BCUT2D eigenvalue weighted by atomic mass is 16.6. The molecular weight excluding hydrogens is 817 g/mol. The lowest BCUT2D eigenvalue weighted by atomic mass is 10.1. The Morgan fingerprint density at radius 3 is 0.985 bits per heavy atom. The monoisotopic (exact) mass is 917 g/mol. The lowest BCUT2D eigenvalue weighted by molar-refractivity contribution is -0.167. The fourth-order valence-corrected chi connectivity index (χ4v) is 7.20. The Morgan fingerprint density at radius 1 is 0.318 bits per heavy atom. The molecule has 0 amide bonds. The molecule has 0 rings (SSSR count). The molecular formula is C60H100O6. The topological polar surface area (TPSA) is 78.9 Å². The maximum Gasteiger partial charge on any atom is 0.306 e. The summed E-state index contributed by atoms with van der Waals surface area (Å²) in [5, 5.41) is 0. The molecule has 66 heavy (non-hydrogen) atoms. The largest absolute Gasteiger partial charge is 0.462 e. The quantitative estimate of drug-likeness (QED) is 0.0262. The minimum atomic E-state index is -0.803. The third-order valence-corrected chi connectivity index (χ3v) is 11.3. The Bertz CT molecular complexity index is 1330. The standard InChI is InChI=1S/C60H100O6/c1-4-7-10-13-16-19-22-25-27-28-29-30-31-32-33-36-38-41-44-47-50-53-59(62)65-56-57(55-64-58(61)52-49-46-43-40-37-34-24-21-18-15-12-9-6-3)66-60(63)54-51-48-45-42-39-35-26-23-20-17-14-11-8-5-2/h7,10,16,19,21,23-27,29-30,32-33,38,41,57H,4-6,8-9,11-15,17-18,20,22,28,31,34-37,39-40,42-56H2,1-3H3/b10-7-,19-16-,24-21-,26-23-,27-25-,30-29-,33-32-,41-38-. The molecule has 0 aromatic rings. The molecule has 0 N–H and O–H groups in total. The van der Waals surface area contributed by atoms with Crippen molar-refractivity contribution in [1.82, 2.24) is 0 Å². The van der Waals surface area contributed by atoms with E-state index in [1.807, 2.05) is 0 Å². The molecule has 0 aromatic heterocycles. The van der Waals surface area contributed by atoms with E-state index in [1.165, 1.54) is 83.5 Å². The van der Waals surface area contributed by atoms with Crippen LogP contribution in [0, 0.1) is 0 Å². The van der Waals surface area contributed by atoms with Gasteiger partial charge in [-0.1, -0.05) is 201 Å². The summed E-state index contributed by atoms with van der Waals surface area (Å²) in [4.78, 5) is 38.0. The smallest absolute Gasteiger partial charge is 0.306 e. The number of carbonyl (C=O) groups is 3. The van der Waals surface area contributed by atoms with Crippen LogP contribution in [0.2, 0.25) is 0 Å². The second kappa shape index (κ2) is 53.9. The van der Waals surface area contributed by atoms with Gasteiger partial charge in [0.2, 0.25) is 0 Å². The summed E-state index contributed by atoms with van der Waals surface area (Å²) in [7, 11) is 0. The number of rotatable bonds is 48. The van der Waals surface area contributed by atoms with Gasteiger partial charge in [-0.3, -0.25) is 14.4 Å². The average Bonchev–Trinajstić information content (AvgIpc) is 3.31. The molecule has 1 atom stereocenters. The molecule has 0 radical (unpaired) electrons. The minimum Gasteiger partial charge on any atom is -0.462 e. The Hall–Kier alpha value is -3.67. The Balaban J connectivity index is 4.47. The van der Waals surface area contributed by atoms with Crippen LogP contribution in [0.4, 0.5) is 0 Å². The van der Waals surface area contributed by atoms with E-state index in [9.17, 15) is 14.4 Å². The fourth-order valence-electron chi connectivity index (χ4n) is 7.20. The first-order valence-electron chi connectivity index (χ1n) is 27.2. The van der Waals surface area contributed by atoms with Gasteiger partial charge in [-0.05, 0) is 122 Å². The number of unbranched alkanes of at least 4 members (excludes halogenated alkanes) is 21. The van der Waals surface area contributed by atoms with Crippen molar-refractivity contribution in [2.75, 3.05) is 13.2 Å². The third kappa shape index (κ3) is 51.3. The summed E-state index contributed by atoms with van der Waals surface area (Å²) in [6, 6.07) is 0. The molecule has 0 aliphatic carbocycles. The van der Waals surface area contributed by atoms with Gasteiger partial charge in [0.25, 0.3) is 0 Å². The second-order valence-electron chi connectivity index (χ2n) is 17.7. The molecule has 6 nitrogen and oxygen atoms in total. The second-order valence-corrected chi connectivity index (χ2v) is 17.7. The zero-order chi connectivity index (χ0) is 47.9. The summed E-state index contributed by atoms with van der Waals surface area (Å²) in [6.45, 7) is 6.44. The number of allylic oxidation sites excluding steroid dienone is 16. The van der Waals surface area contributed by atoms with Gasteiger partial charge in [-0.15, -0.1) is 0 Å². The Labute approximate surface area is 407 Å². The van der Waals surface area contributed by atoms with Crippen molar-refractivity contribution in [3.05, 3.63) is 97.2 Å². The maximum absolute atomic E-state index is 12.8. The van der Waals surface area contributed by atoms with E-state index >= 15 is 0 Å². The van der Waals surface area contributed by atoms with E-state index < -0.39 is 6.10 Å². The van der Waals surface area contributed by atoms with Crippen molar-refractivity contribution < 1.29 is 28.6 Å². The first-order valence-corrected chi connectivity index (χ1v) is 27.2. The molecule has 0 aromatic carbocycles. The summed E-state index contributed by atoms with van der Waals surface area (Å²) >= 11 is 0. The lowest BCUT2D eigenvalue weighted by Crippen LogP contribution is -2.30. The van der Waals surface area contributed by atoms with E-state index in [2.05, 4.69) is 118 Å². The average molecular weight is 917 g/mol. The Kier molecular flexibility index (Phi) is 50.9. The molecule has 0 fully saturated rings. The summed E-state index contributed by atoms with van der Waals surface area (Å²) < 4.78 is 16.8. The number of esters is 3. The van der Waals surface area contributed by atoms with Crippen LogP contribution in [-0.2, 0) is 28.6 Å². The molecule has 0 aliphatic heterocycles. The van der Waals surface area contributed by atoms with Gasteiger partial charge < -0.3 is 14.2 Å². The van der Waals surface area contributed by atoms with E-state index in [1.54, 1.807) is 0 Å². The highest BCUT2D eigenvalue weighted by Crippen LogP contribution is 2.13. The van der Waals surface area contributed by atoms with Crippen molar-refractivity contribution in [2.45, 2.75) is 252 Å². The van der Waals surface area contributed by atoms with Crippen molar-refractivity contribution in [2.24, 2.45) is 0 Å². The highest BCUT2D eigenvalue weighted by Gasteiger charge is 2.19. The summed E-state index contributed by atoms with van der Waals surface area (Å²) in [6.07, 6.45) is 71.0. The highest BCUT2D eigenvalue weighted by molar-refractivity contribution is 5.71. The van der Waals surface area contributed by atoms with Crippen LogP contribution in [-0.4, -0.2) is 37.2 Å². The van der Waals surface area contributed by atoms with Gasteiger partial charge >= 0.3 is 17.9 Å². The molecule has 0 bridgehead atoms. The molecule has 0 aliphatic rings. The van der Waals surface area contributed by atoms with Crippen molar-refractivity contribution in [3.8, 4) is 0 Å². The number of hydrogen-bond donors (Lipinski definition) is 0. The molecule has 0 spiro atoms. The zero-order valence-corrected chi connectivity index (χ0v) is 42.9. The van der Waals surface area contributed by atoms with Crippen molar-refractivity contribution in [1.29, 1.82) is 0 Å². The maximum atomic E-state index is 12.8. The van der Waals surface area contributed by atoms with Crippen LogP contribution in [0.1, 0.15) is 245 Å². The zero-order valence-electron chi connectivity index (χ0n) is 42.9. The molecule has 1 unspecified atom stereocenters. The minimum absolute atomic E-state index is 0.0996. The van der Waals surface area contributed by atoms with Crippen LogP contribution < -0.4 is 0 Å². The van der Waals surface area contributed by atoms with Crippen molar-refractivity contribution in [3.63, 3.8) is 0 Å². The molecule has 6 heteroatoms.